The number of aromatic nitrogens is 1. The number of benzene rings is 1. The summed E-state index contributed by atoms with van der Waals surface area (Å²) < 4.78 is 0. The third kappa shape index (κ3) is 2.55. The maximum Gasteiger partial charge on any atom is 0.335 e. The summed E-state index contributed by atoms with van der Waals surface area (Å²) in [5.74, 6) is -0.913. The molecule has 80 valence electrons. The van der Waals surface area contributed by atoms with E-state index < -0.39 is 5.97 Å². The van der Waals surface area contributed by atoms with Crippen LogP contribution in [-0.4, -0.2) is 16.1 Å². The van der Waals surface area contributed by atoms with E-state index >= 15 is 0 Å². The van der Waals surface area contributed by atoms with Crippen molar-refractivity contribution in [3.63, 3.8) is 0 Å². The van der Waals surface area contributed by atoms with E-state index in [0.29, 0.717) is 5.56 Å². The van der Waals surface area contributed by atoms with Crippen LogP contribution in [0.2, 0.25) is 0 Å². The molecular weight excluding hydrogens is 222 g/mol. The molecule has 0 aliphatic heterocycles. The summed E-state index contributed by atoms with van der Waals surface area (Å²) in [6.07, 6.45) is 5.45. The van der Waals surface area contributed by atoms with Gasteiger partial charge in [-0.1, -0.05) is 18.2 Å². The van der Waals surface area contributed by atoms with Gasteiger partial charge in [-0.2, -0.15) is 0 Å². The lowest BCUT2D eigenvalue weighted by atomic mass is 10.1. The van der Waals surface area contributed by atoms with E-state index in [2.05, 4.69) is 4.98 Å². The van der Waals surface area contributed by atoms with Crippen molar-refractivity contribution in [2.45, 2.75) is 0 Å². The fraction of sp³-hybridized carbons (Fsp3) is 0. The molecule has 0 fully saturated rings. The van der Waals surface area contributed by atoms with Crippen LogP contribution in [0.3, 0.4) is 0 Å². The van der Waals surface area contributed by atoms with Crippen LogP contribution in [0, 0.1) is 0 Å². The summed E-state index contributed by atoms with van der Waals surface area (Å²) in [7, 11) is 0. The predicted molar refractivity (Wildman–Crippen MR) is 64.4 cm³/mol. The second kappa shape index (κ2) is 4.72. The van der Waals surface area contributed by atoms with E-state index in [1.54, 1.807) is 24.4 Å². The number of carboxylic acid groups (broad SMARTS) is 1. The van der Waals surface area contributed by atoms with Crippen molar-refractivity contribution in [3.8, 4) is 0 Å². The van der Waals surface area contributed by atoms with Gasteiger partial charge >= 0.3 is 5.97 Å². The minimum absolute atomic E-state index is 0.293. The highest BCUT2D eigenvalue weighted by Gasteiger charge is 2.01. The quantitative estimate of drug-likeness (QED) is 0.883. The van der Waals surface area contributed by atoms with Crippen molar-refractivity contribution in [1.29, 1.82) is 0 Å². The zero-order valence-electron chi connectivity index (χ0n) is 8.33. The van der Waals surface area contributed by atoms with E-state index in [-0.39, 0.29) is 0 Å². The Hall–Kier alpha value is -1.94. The molecule has 0 aliphatic rings. The van der Waals surface area contributed by atoms with Crippen LogP contribution >= 0.6 is 11.3 Å². The van der Waals surface area contributed by atoms with Crippen molar-refractivity contribution in [2.24, 2.45) is 0 Å². The van der Waals surface area contributed by atoms with Gasteiger partial charge in [0, 0.05) is 11.6 Å². The minimum atomic E-state index is -0.913. The number of hydrogen-bond acceptors (Lipinski definition) is 3. The van der Waals surface area contributed by atoms with Crippen molar-refractivity contribution in [3.05, 3.63) is 52.0 Å². The average Bonchev–Trinajstić information content (AvgIpc) is 2.79. The fourth-order valence-corrected chi connectivity index (χ4v) is 1.79. The summed E-state index contributed by atoms with van der Waals surface area (Å²) >= 11 is 1.54. The molecule has 0 saturated carbocycles. The number of carbonyl (C=O) groups is 1. The molecule has 0 amide bonds. The first-order valence-electron chi connectivity index (χ1n) is 4.66. The smallest absolute Gasteiger partial charge is 0.335 e. The van der Waals surface area contributed by atoms with Crippen molar-refractivity contribution in [2.75, 3.05) is 0 Å². The number of carboxylic acids is 1. The number of thiazole rings is 1. The fourth-order valence-electron chi connectivity index (χ4n) is 1.26. The van der Waals surface area contributed by atoms with Crippen LogP contribution in [0.4, 0.5) is 0 Å². The molecule has 1 aromatic heterocycles. The third-order valence-corrected chi connectivity index (χ3v) is 2.74. The van der Waals surface area contributed by atoms with Gasteiger partial charge < -0.3 is 5.11 Å². The van der Waals surface area contributed by atoms with Gasteiger partial charge in [0.15, 0.2) is 0 Å². The van der Waals surface area contributed by atoms with Gasteiger partial charge in [0.25, 0.3) is 0 Å². The second-order valence-electron chi connectivity index (χ2n) is 3.13. The first kappa shape index (κ1) is 10.6. The largest absolute Gasteiger partial charge is 0.478 e. The van der Waals surface area contributed by atoms with E-state index in [9.17, 15) is 4.79 Å². The SMILES string of the molecule is O=C(O)c1cccc(C=Cc2nccs2)c1. The molecule has 2 rings (SSSR count). The summed E-state index contributed by atoms with van der Waals surface area (Å²) in [6.45, 7) is 0. The van der Waals surface area contributed by atoms with Gasteiger partial charge in [0.05, 0.1) is 5.56 Å². The zero-order valence-corrected chi connectivity index (χ0v) is 9.15. The number of rotatable bonds is 3. The molecule has 1 heterocycles. The molecular formula is C12H9NO2S. The Morgan fingerprint density at radius 1 is 1.38 bits per heavy atom. The van der Waals surface area contributed by atoms with E-state index in [4.69, 9.17) is 5.11 Å². The van der Waals surface area contributed by atoms with Crippen LogP contribution in [0.1, 0.15) is 20.9 Å². The number of nitrogens with zero attached hydrogens (tertiary/aromatic N) is 1. The van der Waals surface area contributed by atoms with Gasteiger partial charge in [-0.25, -0.2) is 9.78 Å². The molecule has 0 bridgehead atoms. The Morgan fingerprint density at radius 2 is 2.25 bits per heavy atom. The summed E-state index contributed by atoms with van der Waals surface area (Å²) in [6, 6.07) is 6.79. The maximum absolute atomic E-state index is 10.8. The molecule has 16 heavy (non-hydrogen) atoms. The summed E-state index contributed by atoms with van der Waals surface area (Å²) in [4.78, 5) is 14.9. The van der Waals surface area contributed by atoms with E-state index in [0.717, 1.165) is 10.6 Å². The van der Waals surface area contributed by atoms with Crippen LogP contribution in [0.25, 0.3) is 12.2 Å². The first-order chi connectivity index (χ1) is 7.75. The normalized spacial score (nSPS) is 10.8. The van der Waals surface area contributed by atoms with Crippen LogP contribution in [-0.2, 0) is 0 Å². The van der Waals surface area contributed by atoms with E-state index in [1.807, 2.05) is 23.6 Å². The Balaban J connectivity index is 2.22. The average molecular weight is 231 g/mol. The summed E-state index contributed by atoms with van der Waals surface area (Å²) in [5.41, 5.74) is 1.15. The molecule has 3 nitrogen and oxygen atoms in total. The van der Waals surface area contributed by atoms with Gasteiger partial charge in [-0.15, -0.1) is 11.3 Å². The van der Waals surface area contributed by atoms with Gasteiger partial charge in [0.1, 0.15) is 5.01 Å². The molecule has 0 saturated heterocycles. The first-order valence-corrected chi connectivity index (χ1v) is 5.54. The molecule has 1 aromatic carbocycles. The predicted octanol–water partition coefficient (Wildman–Crippen LogP) is 3.01. The Bertz CT molecular complexity index is 518. The molecule has 0 atom stereocenters. The van der Waals surface area contributed by atoms with Crippen LogP contribution in [0.5, 0.6) is 0 Å². The molecule has 2 aromatic rings. The Labute approximate surface area is 96.7 Å². The van der Waals surface area contributed by atoms with E-state index in [1.165, 1.54) is 11.3 Å². The third-order valence-electron chi connectivity index (χ3n) is 2.00. The molecule has 0 spiro atoms. The Morgan fingerprint density at radius 3 is 2.94 bits per heavy atom. The van der Waals surface area contributed by atoms with Crippen LogP contribution in [0.15, 0.2) is 35.8 Å². The van der Waals surface area contributed by atoms with Crippen LogP contribution < -0.4 is 0 Å². The minimum Gasteiger partial charge on any atom is -0.478 e. The Kier molecular flexibility index (Phi) is 3.12. The van der Waals surface area contributed by atoms with Gasteiger partial charge in [0.2, 0.25) is 0 Å². The number of aromatic carboxylic acids is 1. The number of hydrogen-bond donors (Lipinski definition) is 1. The molecule has 1 N–H and O–H groups in total. The lowest BCUT2D eigenvalue weighted by Gasteiger charge is -1.96. The maximum atomic E-state index is 10.8. The van der Waals surface area contributed by atoms with Gasteiger partial charge in [-0.05, 0) is 23.8 Å². The molecule has 4 heteroatoms. The summed E-state index contributed by atoms with van der Waals surface area (Å²) in [5, 5.41) is 11.6. The lowest BCUT2D eigenvalue weighted by Crippen LogP contribution is -1.95. The molecule has 0 unspecified atom stereocenters. The highest BCUT2D eigenvalue weighted by Crippen LogP contribution is 2.11. The monoisotopic (exact) mass is 231 g/mol. The van der Waals surface area contributed by atoms with Crippen molar-refractivity contribution >= 4 is 29.5 Å². The van der Waals surface area contributed by atoms with Crippen molar-refractivity contribution < 1.29 is 9.90 Å². The molecule has 0 radical (unpaired) electrons. The standard InChI is InChI=1S/C12H9NO2S/c14-12(15)10-3-1-2-9(8-10)4-5-11-13-6-7-16-11/h1-8H,(H,14,15). The lowest BCUT2D eigenvalue weighted by molar-refractivity contribution is 0.0697. The second-order valence-corrected chi connectivity index (χ2v) is 4.06. The highest BCUT2D eigenvalue weighted by molar-refractivity contribution is 7.10. The topological polar surface area (TPSA) is 50.2 Å². The van der Waals surface area contributed by atoms with Crippen molar-refractivity contribution in [1.82, 2.24) is 4.98 Å². The molecule has 0 aliphatic carbocycles. The highest BCUT2D eigenvalue weighted by atomic mass is 32.1. The van der Waals surface area contributed by atoms with Gasteiger partial charge in [-0.3, -0.25) is 0 Å². The zero-order chi connectivity index (χ0) is 11.4.